The molecule has 4 atom stereocenters. The number of aromatic nitrogens is 5. The first kappa shape index (κ1) is 19.2. The molecule has 3 heterocycles. The quantitative estimate of drug-likeness (QED) is 0.667. The number of aliphatic hydroxyl groups is 1. The molecule has 3 fully saturated rings. The Bertz CT molecular complexity index is 1030. The number of hydrogen-bond donors (Lipinski definition) is 1. The van der Waals surface area contributed by atoms with E-state index in [1.54, 1.807) is 0 Å². The van der Waals surface area contributed by atoms with E-state index >= 15 is 0 Å². The maximum absolute atomic E-state index is 10.9. The number of aliphatic hydroxyl groups excluding tert-OH is 1. The van der Waals surface area contributed by atoms with Gasteiger partial charge in [-0.25, -0.2) is 4.68 Å². The number of benzene rings is 1. The first-order chi connectivity index (χ1) is 15.2. The third kappa shape index (κ3) is 4.04. The molecule has 0 spiro atoms. The number of likely N-dealkylation sites (tertiary alicyclic amines) is 1. The van der Waals surface area contributed by atoms with Crippen LogP contribution in [0.5, 0.6) is 0 Å². The predicted octanol–water partition coefficient (Wildman–Crippen LogP) is 2.84. The topological polar surface area (TPSA) is 72.0 Å². The maximum Gasteiger partial charge on any atom is 0.0858 e. The molecule has 2 saturated carbocycles. The minimum atomic E-state index is -0.327. The van der Waals surface area contributed by atoms with Gasteiger partial charge in [-0.1, -0.05) is 29.5 Å². The zero-order valence-corrected chi connectivity index (χ0v) is 17.8. The Kier molecular flexibility index (Phi) is 4.88. The highest BCUT2D eigenvalue weighted by Gasteiger charge is 2.43. The molecular weight excluding hydrogens is 388 g/mol. The predicted molar refractivity (Wildman–Crippen MR) is 116 cm³/mol. The first-order valence-corrected chi connectivity index (χ1v) is 11.6. The van der Waals surface area contributed by atoms with E-state index in [2.05, 4.69) is 50.8 Å². The van der Waals surface area contributed by atoms with E-state index in [-0.39, 0.29) is 12.1 Å². The summed E-state index contributed by atoms with van der Waals surface area (Å²) < 4.78 is 3.92. The van der Waals surface area contributed by atoms with Crippen LogP contribution in [-0.2, 0) is 13.1 Å². The van der Waals surface area contributed by atoms with Gasteiger partial charge in [-0.2, -0.15) is 5.10 Å². The summed E-state index contributed by atoms with van der Waals surface area (Å²) in [4.78, 5) is 2.56. The highest BCUT2D eigenvalue weighted by molar-refractivity contribution is 5.24. The zero-order chi connectivity index (χ0) is 20.8. The number of rotatable bonds is 6. The lowest BCUT2D eigenvalue weighted by molar-refractivity contribution is 0.0298. The Balaban J connectivity index is 1.10. The van der Waals surface area contributed by atoms with Crippen LogP contribution in [0.4, 0.5) is 0 Å². The van der Waals surface area contributed by atoms with E-state index in [1.165, 1.54) is 24.0 Å². The van der Waals surface area contributed by atoms with Crippen LogP contribution in [0.2, 0.25) is 0 Å². The fourth-order valence-corrected chi connectivity index (χ4v) is 5.60. The molecule has 2 aliphatic carbocycles. The van der Waals surface area contributed by atoms with Crippen LogP contribution in [0.3, 0.4) is 0 Å². The van der Waals surface area contributed by atoms with E-state index in [1.807, 2.05) is 27.8 Å². The highest BCUT2D eigenvalue weighted by Crippen LogP contribution is 2.43. The molecule has 1 aliphatic heterocycles. The summed E-state index contributed by atoms with van der Waals surface area (Å²) in [6.07, 6.45) is 9.91. The summed E-state index contributed by atoms with van der Waals surface area (Å²) in [5.74, 6) is 1.80. The normalized spacial score (nSPS) is 28.7. The molecule has 1 saturated heterocycles. The summed E-state index contributed by atoms with van der Waals surface area (Å²) in [7, 11) is 0. The lowest BCUT2D eigenvalue weighted by Crippen LogP contribution is -2.36. The Morgan fingerprint density at radius 2 is 1.81 bits per heavy atom. The van der Waals surface area contributed by atoms with Crippen LogP contribution in [0.15, 0.2) is 48.9 Å². The minimum absolute atomic E-state index is 0.0681. The van der Waals surface area contributed by atoms with Gasteiger partial charge in [0.2, 0.25) is 0 Å². The SMILES string of the molecule is O[C@@H]1C[C@H]2CN(Cc3cccc(Cn4cccn4)c3)C[C@H]2C[C@H]1n1cc(C2CC2)nn1. The summed E-state index contributed by atoms with van der Waals surface area (Å²) in [5.41, 5.74) is 3.74. The van der Waals surface area contributed by atoms with Gasteiger partial charge in [0.15, 0.2) is 0 Å². The molecule has 3 aromatic rings. The molecule has 1 N–H and O–H groups in total. The van der Waals surface area contributed by atoms with Gasteiger partial charge < -0.3 is 5.11 Å². The largest absolute Gasteiger partial charge is 0.391 e. The smallest absolute Gasteiger partial charge is 0.0858 e. The average molecular weight is 419 g/mol. The van der Waals surface area contributed by atoms with Gasteiger partial charge >= 0.3 is 0 Å². The lowest BCUT2D eigenvalue weighted by atomic mass is 9.77. The van der Waals surface area contributed by atoms with Gasteiger partial charge in [0.05, 0.1) is 24.4 Å². The van der Waals surface area contributed by atoms with Crippen LogP contribution in [0.25, 0.3) is 0 Å². The first-order valence-electron chi connectivity index (χ1n) is 11.6. The van der Waals surface area contributed by atoms with Crippen LogP contribution >= 0.6 is 0 Å². The maximum atomic E-state index is 10.9. The van der Waals surface area contributed by atoms with E-state index < -0.39 is 0 Å². The number of hydrogen-bond acceptors (Lipinski definition) is 5. The summed E-state index contributed by atoms with van der Waals surface area (Å²) in [5, 5.41) is 23.9. The second-order valence-electron chi connectivity index (χ2n) is 9.74. The average Bonchev–Trinajstić information content (AvgIpc) is 3.13. The molecule has 3 aliphatic rings. The van der Waals surface area contributed by atoms with Crippen molar-refractivity contribution < 1.29 is 5.11 Å². The second kappa shape index (κ2) is 7.88. The lowest BCUT2D eigenvalue weighted by Gasteiger charge is -2.35. The number of fused-ring (bicyclic) bond motifs is 1. The number of nitrogens with zero attached hydrogens (tertiary/aromatic N) is 6. The van der Waals surface area contributed by atoms with E-state index in [0.717, 1.165) is 44.7 Å². The third-order valence-corrected chi connectivity index (χ3v) is 7.35. The van der Waals surface area contributed by atoms with Crippen LogP contribution < -0.4 is 0 Å². The second-order valence-corrected chi connectivity index (χ2v) is 9.74. The van der Waals surface area contributed by atoms with Gasteiger partial charge in [0, 0.05) is 44.1 Å². The fraction of sp³-hybridized carbons (Fsp3) is 0.542. The van der Waals surface area contributed by atoms with Gasteiger partial charge in [-0.15, -0.1) is 5.10 Å². The molecule has 0 radical (unpaired) electrons. The van der Waals surface area contributed by atoms with Gasteiger partial charge in [0.25, 0.3) is 0 Å². The van der Waals surface area contributed by atoms with Crippen LogP contribution in [0.1, 0.15) is 54.5 Å². The molecule has 6 rings (SSSR count). The molecule has 7 nitrogen and oxygen atoms in total. The highest BCUT2D eigenvalue weighted by atomic mass is 16.3. The van der Waals surface area contributed by atoms with Crippen molar-refractivity contribution in [1.82, 2.24) is 29.7 Å². The van der Waals surface area contributed by atoms with Crippen molar-refractivity contribution in [2.45, 2.75) is 56.8 Å². The van der Waals surface area contributed by atoms with Crippen molar-refractivity contribution >= 4 is 0 Å². The van der Waals surface area contributed by atoms with Crippen molar-refractivity contribution in [1.29, 1.82) is 0 Å². The van der Waals surface area contributed by atoms with Crippen molar-refractivity contribution in [3.63, 3.8) is 0 Å². The van der Waals surface area contributed by atoms with Crippen molar-refractivity contribution in [2.24, 2.45) is 11.8 Å². The Morgan fingerprint density at radius 1 is 1.00 bits per heavy atom. The molecule has 1 aromatic carbocycles. The van der Waals surface area contributed by atoms with E-state index in [0.29, 0.717) is 17.8 Å². The van der Waals surface area contributed by atoms with Crippen LogP contribution in [-0.4, -0.2) is 54.0 Å². The van der Waals surface area contributed by atoms with Gasteiger partial charge in [0.1, 0.15) is 0 Å². The molecular formula is C24H30N6O. The summed E-state index contributed by atoms with van der Waals surface area (Å²) in [6, 6.07) is 10.9. The van der Waals surface area contributed by atoms with Crippen molar-refractivity contribution in [3.8, 4) is 0 Å². The van der Waals surface area contributed by atoms with Crippen molar-refractivity contribution in [3.05, 3.63) is 65.7 Å². The monoisotopic (exact) mass is 418 g/mol. The Labute approximate surface area is 182 Å². The van der Waals surface area contributed by atoms with E-state index in [4.69, 9.17) is 0 Å². The fourth-order valence-electron chi connectivity index (χ4n) is 5.60. The van der Waals surface area contributed by atoms with Gasteiger partial charge in [-0.05, 0) is 54.7 Å². The Hall–Kier alpha value is -2.51. The molecule has 2 aromatic heterocycles. The molecule has 7 heteroatoms. The summed E-state index contributed by atoms with van der Waals surface area (Å²) in [6.45, 7) is 3.94. The minimum Gasteiger partial charge on any atom is -0.391 e. The third-order valence-electron chi connectivity index (χ3n) is 7.35. The standard InChI is InChI=1S/C24H30N6O/c31-24-11-21-15-28(12-17-3-1-4-18(9-17)13-29-8-2-7-25-29)14-20(21)10-23(24)30-16-22(26-27-30)19-5-6-19/h1-4,7-9,16,19-21,23-24,31H,5-6,10-15H2/t20-,21+,23-,24-/m1/s1. The molecule has 0 amide bonds. The molecule has 162 valence electrons. The zero-order valence-electron chi connectivity index (χ0n) is 17.8. The summed E-state index contributed by atoms with van der Waals surface area (Å²) >= 11 is 0. The Morgan fingerprint density at radius 3 is 2.58 bits per heavy atom. The van der Waals surface area contributed by atoms with Crippen molar-refractivity contribution in [2.75, 3.05) is 13.1 Å². The van der Waals surface area contributed by atoms with Gasteiger partial charge in [-0.3, -0.25) is 9.58 Å². The van der Waals surface area contributed by atoms with E-state index in [9.17, 15) is 5.11 Å². The van der Waals surface area contributed by atoms with Crippen LogP contribution in [0, 0.1) is 11.8 Å². The molecule has 0 bridgehead atoms. The molecule has 0 unspecified atom stereocenters. The molecule has 31 heavy (non-hydrogen) atoms.